The van der Waals surface area contributed by atoms with Gasteiger partial charge in [-0.3, -0.25) is 9.59 Å². The molecule has 2 aliphatic rings. The molecule has 1 saturated heterocycles. The summed E-state index contributed by atoms with van der Waals surface area (Å²) in [7, 11) is 0. The van der Waals surface area contributed by atoms with Crippen LogP contribution in [0.4, 0.5) is 0 Å². The summed E-state index contributed by atoms with van der Waals surface area (Å²) in [6.07, 6.45) is 6.64. The molecule has 120 valence electrons. The van der Waals surface area contributed by atoms with Gasteiger partial charge in [-0.15, -0.1) is 0 Å². The molecule has 4 N–H and O–H groups in total. The van der Waals surface area contributed by atoms with Gasteiger partial charge in [-0.25, -0.2) is 0 Å². The van der Waals surface area contributed by atoms with Crippen LogP contribution < -0.4 is 16.0 Å². The van der Waals surface area contributed by atoms with E-state index in [1.165, 1.54) is 24.2 Å². The molecule has 1 aliphatic carbocycles. The number of piperidine rings is 1. The van der Waals surface area contributed by atoms with Gasteiger partial charge in [0.2, 0.25) is 5.91 Å². The van der Waals surface area contributed by atoms with Gasteiger partial charge >= 0.3 is 0 Å². The zero-order chi connectivity index (χ0) is 15.4. The minimum atomic E-state index is -0.222. The van der Waals surface area contributed by atoms with E-state index >= 15 is 0 Å². The Morgan fingerprint density at radius 1 is 1.19 bits per heavy atom. The lowest BCUT2D eigenvalue weighted by atomic mass is 9.86. The predicted molar refractivity (Wildman–Crippen MR) is 81.6 cm³/mol. The van der Waals surface area contributed by atoms with Gasteiger partial charge in [-0.1, -0.05) is 19.8 Å². The molecule has 1 aliphatic heterocycles. The summed E-state index contributed by atoms with van der Waals surface area (Å²) in [6, 6.07) is 0.228. The highest BCUT2D eigenvalue weighted by Crippen LogP contribution is 2.23. The zero-order valence-corrected chi connectivity index (χ0v) is 13.4. The van der Waals surface area contributed by atoms with Crippen molar-refractivity contribution in [3.63, 3.8) is 0 Å². The summed E-state index contributed by atoms with van der Waals surface area (Å²) < 4.78 is 0. The van der Waals surface area contributed by atoms with Crippen LogP contribution in [0.15, 0.2) is 0 Å². The Hall–Kier alpha value is -1.10. The third-order valence-corrected chi connectivity index (χ3v) is 5.41. The van der Waals surface area contributed by atoms with E-state index in [0.717, 1.165) is 25.8 Å². The summed E-state index contributed by atoms with van der Waals surface area (Å²) >= 11 is 0. The number of carbonyl (C=O) groups is 2. The van der Waals surface area contributed by atoms with Gasteiger partial charge in [0.25, 0.3) is 5.91 Å². The normalized spacial score (nSPS) is 35.0. The molecule has 2 amide bonds. The minimum Gasteiger partial charge on any atom is -0.369 e. The van der Waals surface area contributed by atoms with Crippen LogP contribution in [0.25, 0.3) is 0 Å². The Bertz CT molecular complexity index is 386. The fraction of sp³-hybridized carbons (Fsp3) is 0.875. The van der Waals surface area contributed by atoms with Crippen LogP contribution in [-0.4, -0.2) is 37.0 Å². The Labute approximate surface area is 127 Å². The molecule has 0 aromatic rings. The number of hydrogen-bond donors (Lipinski definition) is 3. The van der Waals surface area contributed by atoms with E-state index in [2.05, 4.69) is 12.2 Å². The van der Waals surface area contributed by atoms with Crippen molar-refractivity contribution >= 4 is 11.8 Å². The molecule has 1 saturated carbocycles. The van der Waals surface area contributed by atoms with Crippen molar-refractivity contribution in [2.45, 2.75) is 64.5 Å². The molecule has 2 rings (SSSR count). The molecule has 2 fully saturated rings. The highest BCUT2D eigenvalue weighted by molar-refractivity contribution is 5.80. The second kappa shape index (κ2) is 7.25. The van der Waals surface area contributed by atoms with Crippen LogP contribution in [0.2, 0.25) is 0 Å². The van der Waals surface area contributed by atoms with E-state index in [9.17, 15) is 9.59 Å². The molecular formula is C16H30N3O2+. The molecule has 1 unspecified atom stereocenters. The molecule has 5 nitrogen and oxygen atoms in total. The Balaban J connectivity index is 1.87. The SMILES string of the molecule is C[C@H](C(=O)N[C@@H]1CCCC[C@@H]1C)[NH+]1CCC[C@H](C(N)=O)C1. The Kier molecular flexibility index (Phi) is 5.62. The van der Waals surface area contributed by atoms with E-state index in [0.29, 0.717) is 18.5 Å². The van der Waals surface area contributed by atoms with Crippen LogP contribution in [0.3, 0.4) is 0 Å². The van der Waals surface area contributed by atoms with Gasteiger partial charge in [-0.2, -0.15) is 0 Å². The second-order valence-electron chi connectivity index (χ2n) is 6.95. The summed E-state index contributed by atoms with van der Waals surface area (Å²) in [6.45, 7) is 5.86. The highest BCUT2D eigenvalue weighted by atomic mass is 16.2. The Morgan fingerprint density at radius 2 is 1.90 bits per heavy atom. The molecule has 0 aromatic carbocycles. The van der Waals surface area contributed by atoms with Gasteiger partial charge in [0, 0.05) is 6.04 Å². The lowest BCUT2D eigenvalue weighted by Gasteiger charge is -2.34. The number of hydrogen-bond acceptors (Lipinski definition) is 2. The van der Waals surface area contributed by atoms with Crippen molar-refractivity contribution in [3.8, 4) is 0 Å². The van der Waals surface area contributed by atoms with E-state index in [1.807, 2.05) is 6.92 Å². The fourth-order valence-corrected chi connectivity index (χ4v) is 3.76. The fourth-order valence-electron chi connectivity index (χ4n) is 3.76. The third kappa shape index (κ3) is 4.19. The molecule has 5 heteroatoms. The van der Waals surface area contributed by atoms with Crippen LogP contribution in [0.1, 0.15) is 52.4 Å². The number of amides is 2. The summed E-state index contributed by atoms with van der Waals surface area (Å²) in [4.78, 5) is 25.0. The number of nitrogens with one attached hydrogen (secondary N) is 2. The van der Waals surface area contributed by atoms with E-state index in [1.54, 1.807) is 0 Å². The number of primary amides is 1. The smallest absolute Gasteiger partial charge is 0.278 e. The largest absolute Gasteiger partial charge is 0.369 e. The first-order chi connectivity index (χ1) is 9.99. The maximum Gasteiger partial charge on any atom is 0.278 e. The predicted octanol–water partition coefficient (Wildman–Crippen LogP) is -0.150. The van der Waals surface area contributed by atoms with Gasteiger partial charge in [0.1, 0.15) is 0 Å². The van der Waals surface area contributed by atoms with E-state index in [-0.39, 0.29) is 23.8 Å². The van der Waals surface area contributed by atoms with E-state index in [4.69, 9.17) is 5.73 Å². The lowest BCUT2D eigenvalue weighted by Crippen LogP contribution is -3.18. The highest BCUT2D eigenvalue weighted by Gasteiger charge is 2.34. The number of carbonyl (C=O) groups excluding carboxylic acids is 2. The van der Waals surface area contributed by atoms with Gasteiger partial charge < -0.3 is 16.0 Å². The maximum atomic E-state index is 12.5. The van der Waals surface area contributed by atoms with Crippen molar-refractivity contribution < 1.29 is 14.5 Å². The summed E-state index contributed by atoms with van der Waals surface area (Å²) in [5, 5.41) is 3.23. The molecule has 5 atom stereocenters. The quantitative estimate of drug-likeness (QED) is 0.675. The Morgan fingerprint density at radius 3 is 2.57 bits per heavy atom. The van der Waals surface area contributed by atoms with E-state index < -0.39 is 0 Å². The standard InChI is InChI=1S/C16H29N3O2/c1-11-6-3-4-8-14(11)18-16(21)12(2)19-9-5-7-13(10-19)15(17)20/h11-14H,3-10H2,1-2H3,(H2,17,20)(H,18,21)/p+1/t11-,12+,13-,14+/m0/s1. The molecule has 0 radical (unpaired) electrons. The van der Waals surface area contributed by atoms with Crippen molar-refractivity contribution in [1.29, 1.82) is 0 Å². The van der Waals surface area contributed by atoms with Crippen molar-refractivity contribution in [2.24, 2.45) is 17.6 Å². The molecule has 0 bridgehead atoms. The second-order valence-corrected chi connectivity index (χ2v) is 6.95. The number of nitrogens with two attached hydrogens (primary N) is 1. The zero-order valence-electron chi connectivity index (χ0n) is 13.4. The van der Waals surface area contributed by atoms with Gasteiger partial charge in [0.15, 0.2) is 6.04 Å². The van der Waals surface area contributed by atoms with Crippen molar-refractivity contribution in [3.05, 3.63) is 0 Å². The molecule has 1 heterocycles. The van der Waals surface area contributed by atoms with Crippen LogP contribution in [0.5, 0.6) is 0 Å². The first kappa shape index (κ1) is 16.3. The third-order valence-electron chi connectivity index (χ3n) is 5.41. The number of quaternary nitrogens is 1. The average Bonchev–Trinajstić information content (AvgIpc) is 2.49. The molecule has 0 aromatic heterocycles. The van der Waals surface area contributed by atoms with Crippen molar-refractivity contribution in [2.75, 3.05) is 13.1 Å². The number of likely N-dealkylation sites (tertiary alicyclic amines) is 1. The summed E-state index contributed by atoms with van der Waals surface area (Å²) in [5.41, 5.74) is 5.42. The molecular weight excluding hydrogens is 266 g/mol. The average molecular weight is 296 g/mol. The molecule has 21 heavy (non-hydrogen) atoms. The topological polar surface area (TPSA) is 76.6 Å². The first-order valence-electron chi connectivity index (χ1n) is 8.43. The summed E-state index contributed by atoms with van der Waals surface area (Å²) in [5.74, 6) is 0.414. The lowest BCUT2D eigenvalue weighted by molar-refractivity contribution is -0.921. The maximum absolute atomic E-state index is 12.5. The van der Waals surface area contributed by atoms with Crippen molar-refractivity contribution in [1.82, 2.24) is 5.32 Å². The monoisotopic (exact) mass is 296 g/mol. The van der Waals surface area contributed by atoms with Gasteiger partial charge in [-0.05, 0) is 38.5 Å². The molecule has 0 spiro atoms. The van der Waals surface area contributed by atoms with Crippen LogP contribution >= 0.6 is 0 Å². The number of rotatable bonds is 4. The van der Waals surface area contributed by atoms with Crippen LogP contribution in [-0.2, 0) is 9.59 Å². The van der Waals surface area contributed by atoms with Crippen LogP contribution in [0, 0.1) is 11.8 Å². The minimum absolute atomic E-state index is 0.0717. The first-order valence-corrected chi connectivity index (χ1v) is 8.43. The van der Waals surface area contributed by atoms with Gasteiger partial charge in [0.05, 0.1) is 19.0 Å².